The highest BCUT2D eigenvalue weighted by Crippen LogP contribution is 2.25. The summed E-state index contributed by atoms with van der Waals surface area (Å²) >= 11 is 5.69. The second kappa shape index (κ2) is 3.51. The molecule has 0 aliphatic carbocycles. The Bertz CT molecular complexity index is 447. The number of nitrogens with two attached hydrogens (primary N) is 1. The van der Waals surface area contributed by atoms with Gasteiger partial charge in [0.05, 0.1) is 18.7 Å². The van der Waals surface area contributed by atoms with Crippen LogP contribution in [-0.2, 0) is 9.59 Å². The number of carbonyl (C=O) groups is 2. The smallest absolute Gasteiger partial charge is 0.236 e. The van der Waals surface area contributed by atoms with Crippen LogP contribution >= 0.6 is 11.6 Å². The van der Waals surface area contributed by atoms with Crippen molar-refractivity contribution in [2.45, 2.75) is 6.42 Å². The molecule has 0 radical (unpaired) electrons. The largest absolute Gasteiger partial charge is 0.396 e. The van der Waals surface area contributed by atoms with Crippen molar-refractivity contribution in [1.82, 2.24) is 4.98 Å². The van der Waals surface area contributed by atoms with E-state index in [1.54, 1.807) is 6.07 Å². The fourth-order valence-electron chi connectivity index (χ4n) is 1.43. The second-order valence-electron chi connectivity index (χ2n) is 3.24. The van der Waals surface area contributed by atoms with Crippen molar-refractivity contribution in [3.05, 3.63) is 17.3 Å². The third-order valence-corrected chi connectivity index (χ3v) is 2.32. The van der Waals surface area contributed by atoms with Gasteiger partial charge in [0.1, 0.15) is 5.15 Å². The first-order valence-corrected chi connectivity index (χ1v) is 4.70. The van der Waals surface area contributed by atoms with E-state index < -0.39 is 0 Å². The first-order chi connectivity index (χ1) is 7.08. The van der Waals surface area contributed by atoms with Gasteiger partial charge in [-0.1, -0.05) is 11.6 Å². The van der Waals surface area contributed by atoms with Crippen molar-refractivity contribution in [2.75, 3.05) is 17.2 Å². The van der Waals surface area contributed by atoms with E-state index in [1.165, 1.54) is 11.0 Å². The average molecular weight is 226 g/mol. The topological polar surface area (TPSA) is 76.3 Å². The molecule has 1 aromatic heterocycles. The summed E-state index contributed by atoms with van der Waals surface area (Å²) in [6, 6.07) is 3.09. The Morgan fingerprint density at radius 1 is 1.40 bits per heavy atom. The summed E-state index contributed by atoms with van der Waals surface area (Å²) in [6.07, 6.45) is -0.0896. The van der Waals surface area contributed by atoms with Crippen LogP contribution in [0.1, 0.15) is 6.42 Å². The quantitative estimate of drug-likeness (QED) is 0.562. The number of pyridine rings is 1. The molecule has 0 unspecified atom stereocenters. The van der Waals surface area contributed by atoms with Crippen LogP contribution < -0.4 is 10.6 Å². The van der Waals surface area contributed by atoms with Gasteiger partial charge in [-0.05, 0) is 12.1 Å². The molecule has 0 atom stereocenters. The van der Waals surface area contributed by atoms with Crippen molar-refractivity contribution in [3.8, 4) is 0 Å². The summed E-state index contributed by atoms with van der Waals surface area (Å²) in [5.74, 6) is -0.166. The number of carbonyl (C=O) groups excluding carboxylic acids is 2. The van der Waals surface area contributed by atoms with Crippen LogP contribution in [0.2, 0.25) is 5.15 Å². The summed E-state index contributed by atoms with van der Waals surface area (Å²) in [7, 11) is 0. The Labute approximate surface area is 90.8 Å². The van der Waals surface area contributed by atoms with Gasteiger partial charge in [0.15, 0.2) is 11.6 Å². The highest BCUT2D eigenvalue weighted by molar-refractivity contribution is 6.29. The number of hydrogen-bond acceptors (Lipinski definition) is 4. The molecule has 6 heteroatoms. The molecule has 78 valence electrons. The molecule has 2 N–H and O–H groups in total. The number of rotatable bonds is 1. The average Bonchev–Trinajstić information content (AvgIpc) is 2.50. The molecule has 1 saturated heterocycles. The maximum atomic E-state index is 11.4. The van der Waals surface area contributed by atoms with Crippen molar-refractivity contribution < 1.29 is 9.59 Å². The predicted molar refractivity (Wildman–Crippen MR) is 55.6 cm³/mol. The van der Waals surface area contributed by atoms with Crippen LogP contribution in [0, 0.1) is 0 Å². The van der Waals surface area contributed by atoms with E-state index in [0.717, 1.165) is 0 Å². The van der Waals surface area contributed by atoms with E-state index in [1.807, 2.05) is 0 Å². The van der Waals surface area contributed by atoms with Crippen LogP contribution in [0.3, 0.4) is 0 Å². The SMILES string of the molecule is Nc1ccc(Cl)nc1N1CC(=O)CC1=O. The van der Waals surface area contributed by atoms with E-state index in [4.69, 9.17) is 17.3 Å². The van der Waals surface area contributed by atoms with Gasteiger partial charge in [0.25, 0.3) is 0 Å². The van der Waals surface area contributed by atoms with Crippen LogP contribution in [-0.4, -0.2) is 23.2 Å². The normalized spacial score (nSPS) is 16.2. The molecular weight excluding hydrogens is 218 g/mol. The highest BCUT2D eigenvalue weighted by Gasteiger charge is 2.30. The van der Waals surface area contributed by atoms with Gasteiger partial charge in [-0.2, -0.15) is 0 Å². The summed E-state index contributed by atoms with van der Waals surface area (Å²) in [5, 5.41) is 0.242. The molecule has 0 aromatic carbocycles. The fraction of sp³-hybridized carbons (Fsp3) is 0.222. The molecule has 15 heavy (non-hydrogen) atoms. The van der Waals surface area contributed by atoms with Gasteiger partial charge in [-0.25, -0.2) is 4.98 Å². The third-order valence-electron chi connectivity index (χ3n) is 2.11. The van der Waals surface area contributed by atoms with Gasteiger partial charge in [0, 0.05) is 0 Å². The zero-order valence-electron chi connectivity index (χ0n) is 7.74. The van der Waals surface area contributed by atoms with E-state index in [0.29, 0.717) is 5.69 Å². The monoisotopic (exact) mass is 225 g/mol. The van der Waals surface area contributed by atoms with E-state index in [2.05, 4.69) is 4.98 Å². The molecule has 0 spiro atoms. The third kappa shape index (κ3) is 1.78. The summed E-state index contributed by atoms with van der Waals surface area (Å²) in [4.78, 5) is 27.7. The van der Waals surface area contributed by atoms with Gasteiger partial charge >= 0.3 is 0 Å². The van der Waals surface area contributed by atoms with Gasteiger partial charge in [-0.15, -0.1) is 0 Å². The van der Waals surface area contributed by atoms with E-state index in [9.17, 15) is 9.59 Å². The lowest BCUT2D eigenvalue weighted by Crippen LogP contribution is -2.26. The molecule has 2 heterocycles. The standard InChI is InChI=1S/C9H8ClN3O2/c10-7-2-1-6(11)9(12-7)13-4-5(14)3-8(13)15/h1-2H,3-4,11H2. The van der Waals surface area contributed by atoms with Crippen LogP contribution in [0.25, 0.3) is 0 Å². The van der Waals surface area contributed by atoms with Crippen LogP contribution in [0.15, 0.2) is 12.1 Å². The lowest BCUT2D eigenvalue weighted by molar-refractivity contribution is -0.121. The van der Waals surface area contributed by atoms with Gasteiger partial charge in [0.2, 0.25) is 5.91 Å². The molecule has 2 rings (SSSR count). The summed E-state index contributed by atoms with van der Waals surface area (Å²) < 4.78 is 0. The Hall–Kier alpha value is -1.62. The number of aromatic nitrogens is 1. The van der Waals surface area contributed by atoms with Crippen molar-refractivity contribution >= 4 is 34.8 Å². The van der Waals surface area contributed by atoms with E-state index >= 15 is 0 Å². The first-order valence-electron chi connectivity index (χ1n) is 4.32. The number of anilines is 2. The molecule has 1 fully saturated rings. The Morgan fingerprint density at radius 2 is 2.13 bits per heavy atom. The van der Waals surface area contributed by atoms with E-state index in [-0.39, 0.29) is 35.6 Å². The number of Topliss-reactive ketones (excluding diaryl/α,β-unsaturated/α-hetero) is 1. The Morgan fingerprint density at radius 3 is 2.73 bits per heavy atom. The molecule has 0 saturated carbocycles. The Kier molecular flexibility index (Phi) is 2.32. The fourth-order valence-corrected chi connectivity index (χ4v) is 1.57. The zero-order chi connectivity index (χ0) is 11.0. The molecular formula is C9H8ClN3O2. The zero-order valence-corrected chi connectivity index (χ0v) is 8.49. The maximum absolute atomic E-state index is 11.4. The number of amides is 1. The van der Waals surface area contributed by atoms with Crippen molar-refractivity contribution in [3.63, 3.8) is 0 Å². The Balaban J connectivity index is 2.41. The van der Waals surface area contributed by atoms with Crippen LogP contribution in [0.4, 0.5) is 11.5 Å². The second-order valence-corrected chi connectivity index (χ2v) is 3.63. The minimum atomic E-state index is -0.290. The lowest BCUT2D eigenvalue weighted by atomic mass is 10.3. The molecule has 1 amide bonds. The van der Waals surface area contributed by atoms with Crippen molar-refractivity contribution in [2.24, 2.45) is 0 Å². The minimum Gasteiger partial charge on any atom is -0.396 e. The highest BCUT2D eigenvalue weighted by atomic mass is 35.5. The minimum absolute atomic E-state index is 0.0242. The van der Waals surface area contributed by atoms with Crippen LogP contribution in [0.5, 0.6) is 0 Å². The number of nitrogens with zero attached hydrogens (tertiary/aromatic N) is 2. The lowest BCUT2D eigenvalue weighted by Gasteiger charge is -2.15. The summed E-state index contributed by atoms with van der Waals surface area (Å²) in [6.45, 7) is 0.0242. The number of hydrogen-bond donors (Lipinski definition) is 1. The van der Waals surface area contributed by atoms with Gasteiger partial charge in [-0.3, -0.25) is 14.5 Å². The number of halogens is 1. The molecule has 1 aliphatic heterocycles. The predicted octanol–water partition coefficient (Wildman–Crippen LogP) is 0.623. The number of ketones is 1. The van der Waals surface area contributed by atoms with Gasteiger partial charge < -0.3 is 5.73 Å². The molecule has 1 aliphatic rings. The molecule has 0 bridgehead atoms. The summed E-state index contributed by atoms with van der Waals surface area (Å²) in [5.41, 5.74) is 5.99. The molecule has 1 aromatic rings. The maximum Gasteiger partial charge on any atom is 0.236 e. The first kappa shape index (κ1) is 9.92. The van der Waals surface area contributed by atoms with Crippen molar-refractivity contribution in [1.29, 1.82) is 0 Å². The number of nitrogen functional groups attached to an aromatic ring is 1. The molecule has 5 nitrogen and oxygen atoms in total.